The summed E-state index contributed by atoms with van der Waals surface area (Å²) in [7, 11) is 0. The second-order valence-corrected chi connectivity index (χ2v) is 4.88. The molecule has 88 valence electrons. The van der Waals surface area contributed by atoms with Crippen LogP contribution in [0.3, 0.4) is 0 Å². The Morgan fingerprint density at radius 1 is 1.44 bits per heavy atom. The first-order valence-corrected chi connectivity index (χ1v) is 5.83. The average molecular weight is 409 g/mol. The fourth-order valence-electron chi connectivity index (χ4n) is 1.00. The van der Waals surface area contributed by atoms with E-state index in [1.807, 2.05) is 22.6 Å². The molecule has 16 heavy (non-hydrogen) atoms. The van der Waals surface area contributed by atoms with Crippen LogP contribution in [0.15, 0.2) is 16.6 Å². The van der Waals surface area contributed by atoms with Crippen molar-refractivity contribution in [2.45, 2.75) is 13.3 Å². The second kappa shape index (κ2) is 4.91. The maximum Gasteiger partial charge on any atom is 0.573 e. The number of ketones is 1. The minimum Gasteiger partial charge on any atom is -0.405 e. The Bertz CT molecular complexity index is 431. The Labute approximate surface area is 111 Å². The third kappa shape index (κ3) is 3.62. The molecule has 1 rings (SSSR count). The Morgan fingerprint density at radius 2 is 2.00 bits per heavy atom. The van der Waals surface area contributed by atoms with Gasteiger partial charge in [-0.1, -0.05) is 0 Å². The van der Waals surface area contributed by atoms with Gasteiger partial charge in [0, 0.05) is 9.13 Å². The first-order valence-electron chi connectivity index (χ1n) is 3.96. The highest BCUT2D eigenvalue weighted by Crippen LogP contribution is 2.33. The molecule has 0 atom stereocenters. The van der Waals surface area contributed by atoms with Gasteiger partial charge in [0.05, 0.1) is 4.47 Å². The summed E-state index contributed by atoms with van der Waals surface area (Å²) in [5.41, 5.74) is 0.197. The molecule has 0 amide bonds. The Balaban J connectivity index is 3.20. The molecule has 0 fully saturated rings. The number of rotatable bonds is 2. The lowest BCUT2D eigenvalue weighted by molar-refractivity contribution is -0.274. The molecule has 0 bridgehead atoms. The number of halogens is 5. The molecule has 0 aliphatic carbocycles. The summed E-state index contributed by atoms with van der Waals surface area (Å²) in [6.45, 7) is 1.28. The van der Waals surface area contributed by atoms with E-state index in [1.165, 1.54) is 13.0 Å². The molecule has 0 heterocycles. The lowest BCUT2D eigenvalue weighted by Gasteiger charge is -2.12. The number of carbonyl (C=O) groups excluding carboxylic acids is 1. The Morgan fingerprint density at radius 3 is 2.44 bits per heavy atom. The van der Waals surface area contributed by atoms with Gasteiger partial charge in [-0.05, 0) is 57.6 Å². The Kier molecular flexibility index (Phi) is 4.22. The average Bonchev–Trinajstić information content (AvgIpc) is 2.07. The molecule has 2 nitrogen and oxygen atoms in total. The number of Topliss-reactive ketones (excluding diaryl/α,β-unsaturated/α-hetero) is 1. The number of ether oxygens (including phenoxy) is 1. The third-order valence-electron chi connectivity index (χ3n) is 1.63. The van der Waals surface area contributed by atoms with Crippen LogP contribution in [0.4, 0.5) is 13.2 Å². The third-order valence-corrected chi connectivity index (χ3v) is 3.14. The molecule has 0 spiro atoms. The maximum absolute atomic E-state index is 12.0. The largest absolute Gasteiger partial charge is 0.573 e. The van der Waals surface area contributed by atoms with Crippen molar-refractivity contribution < 1.29 is 22.7 Å². The SMILES string of the molecule is CC(=O)c1cc(OC(F)(F)F)c(Br)cc1I. The maximum atomic E-state index is 12.0. The minimum absolute atomic E-state index is 0.152. The summed E-state index contributed by atoms with van der Waals surface area (Å²) < 4.78 is 40.6. The van der Waals surface area contributed by atoms with E-state index in [2.05, 4.69) is 20.7 Å². The first-order chi connectivity index (χ1) is 7.20. The van der Waals surface area contributed by atoms with Crippen LogP contribution in [0.25, 0.3) is 0 Å². The van der Waals surface area contributed by atoms with Gasteiger partial charge in [-0.3, -0.25) is 4.79 Å². The quantitative estimate of drug-likeness (QED) is 0.542. The van der Waals surface area contributed by atoms with Crippen molar-refractivity contribution in [3.63, 3.8) is 0 Å². The van der Waals surface area contributed by atoms with Gasteiger partial charge < -0.3 is 4.74 Å². The molecule has 0 N–H and O–H groups in total. The second-order valence-electron chi connectivity index (χ2n) is 2.87. The van der Waals surface area contributed by atoms with E-state index >= 15 is 0 Å². The number of hydrogen-bond donors (Lipinski definition) is 0. The summed E-state index contributed by atoms with van der Waals surface area (Å²) in [5, 5.41) is 0. The highest BCUT2D eigenvalue weighted by Gasteiger charge is 2.32. The summed E-state index contributed by atoms with van der Waals surface area (Å²) in [4.78, 5) is 11.1. The zero-order valence-corrected chi connectivity index (χ0v) is 11.6. The van der Waals surface area contributed by atoms with Crippen molar-refractivity contribution in [1.29, 1.82) is 0 Å². The summed E-state index contributed by atoms with van der Waals surface area (Å²) >= 11 is 4.81. The molecule has 0 unspecified atom stereocenters. The number of alkyl halides is 3. The molecule has 0 saturated heterocycles. The summed E-state index contributed by atoms with van der Waals surface area (Å²) in [6.07, 6.45) is -4.77. The van der Waals surface area contributed by atoms with E-state index in [1.54, 1.807) is 0 Å². The first kappa shape index (κ1) is 13.8. The van der Waals surface area contributed by atoms with E-state index in [-0.39, 0.29) is 15.8 Å². The van der Waals surface area contributed by atoms with E-state index in [0.29, 0.717) is 3.57 Å². The van der Waals surface area contributed by atoms with Crippen LogP contribution in [-0.2, 0) is 0 Å². The van der Waals surface area contributed by atoms with Gasteiger partial charge in [0.15, 0.2) is 5.78 Å². The van der Waals surface area contributed by atoms with Crippen molar-refractivity contribution in [3.05, 3.63) is 25.7 Å². The molecule has 7 heteroatoms. The lowest BCUT2D eigenvalue weighted by atomic mass is 10.1. The van der Waals surface area contributed by atoms with Crippen molar-refractivity contribution in [3.8, 4) is 5.75 Å². The zero-order valence-electron chi connectivity index (χ0n) is 7.86. The molecule has 0 radical (unpaired) electrons. The van der Waals surface area contributed by atoms with Crippen LogP contribution in [0.5, 0.6) is 5.75 Å². The van der Waals surface area contributed by atoms with E-state index in [9.17, 15) is 18.0 Å². The fourth-order valence-corrected chi connectivity index (χ4v) is 2.70. The van der Waals surface area contributed by atoms with E-state index < -0.39 is 12.1 Å². The molecule has 0 aliphatic rings. The topological polar surface area (TPSA) is 26.3 Å². The monoisotopic (exact) mass is 408 g/mol. The van der Waals surface area contributed by atoms with Gasteiger partial charge in [0.25, 0.3) is 0 Å². The van der Waals surface area contributed by atoms with Crippen LogP contribution in [-0.4, -0.2) is 12.1 Å². The van der Waals surface area contributed by atoms with Gasteiger partial charge in [0.2, 0.25) is 0 Å². The zero-order chi connectivity index (χ0) is 12.5. The predicted octanol–water partition coefficient (Wildman–Crippen LogP) is 4.15. The molecule has 0 aliphatic heterocycles. The molecule has 0 aromatic heterocycles. The van der Waals surface area contributed by atoms with Crippen molar-refractivity contribution in [2.24, 2.45) is 0 Å². The normalized spacial score (nSPS) is 11.4. The van der Waals surface area contributed by atoms with Crippen LogP contribution < -0.4 is 4.74 Å². The Hall–Kier alpha value is -0.310. The minimum atomic E-state index is -4.77. The molecular weight excluding hydrogens is 404 g/mol. The summed E-state index contributed by atoms with van der Waals surface area (Å²) in [6, 6.07) is 2.47. The van der Waals surface area contributed by atoms with Crippen LogP contribution in [0.1, 0.15) is 17.3 Å². The van der Waals surface area contributed by atoms with Crippen LogP contribution in [0.2, 0.25) is 0 Å². The molecule has 1 aromatic carbocycles. The smallest absolute Gasteiger partial charge is 0.405 e. The molecule has 0 saturated carbocycles. The van der Waals surface area contributed by atoms with Crippen molar-refractivity contribution in [2.75, 3.05) is 0 Å². The van der Waals surface area contributed by atoms with E-state index in [4.69, 9.17) is 0 Å². The number of benzene rings is 1. The number of carbonyl (C=O) groups is 1. The van der Waals surface area contributed by atoms with Crippen molar-refractivity contribution in [1.82, 2.24) is 0 Å². The fraction of sp³-hybridized carbons (Fsp3) is 0.222. The molecule has 1 aromatic rings. The predicted molar refractivity (Wildman–Crippen MR) is 63.5 cm³/mol. The molecular formula is C9H5BrF3IO2. The summed E-state index contributed by atoms with van der Waals surface area (Å²) in [5.74, 6) is -0.734. The van der Waals surface area contributed by atoms with Gasteiger partial charge in [-0.25, -0.2) is 0 Å². The van der Waals surface area contributed by atoms with E-state index in [0.717, 1.165) is 6.07 Å². The standard InChI is InChI=1S/C9H5BrF3IO2/c1-4(15)5-2-8(16-9(11,12)13)6(10)3-7(5)14/h2-3H,1H3. The van der Waals surface area contributed by atoms with Gasteiger partial charge in [-0.2, -0.15) is 0 Å². The van der Waals surface area contributed by atoms with Crippen LogP contribution >= 0.6 is 38.5 Å². The van der Waals surface area contributed by atoms with Crippen LogP contribution in [0, 0.1) is 3.57 Å². The van der Waals surface area contributed by atoms with Gasteiger partial charge in [-0.15, -0.1) is 13.2 Å². The highest BCUT2D eigenvalue weighted by molar-refractivity contribution is 14.1. The lowest BCUT2D eigenvalue weighted by Crippen LogP contribution is -2.18. The highest BCUT2D eigenvalue weighted by atomic mass is 127. The van der Waals surface area contributed by atoms with Gasteiger partial charge in [0.1, 0.15) is 5.75 Å². The van der Waals surface area contributed by atoms with Gasteiger partial charge >= 0.3 is 6.36 Å². The van der Waals surface area contributed by atoms with Crippen molar-refractivity contribution >= 4 is 44.3 Å². The number of hydrogen-bond acceptors (Lipinski definition) is 2.